The van der Waals surface area contributed by atoms with E-state index in [0.717, 1.165) is 43.6 Å². The van der Waals surface area contributed by atoms with Crippen LogP contribution in [0.5, 0.6) is 0 Å². The quantitative estimate of drug-likeness (QED) is 0.322. The predicted molar refractivity (Wildman–Crippen MR) is 102 cm³/mol. The maximum absolute atomic E-state index is 14.4. The van der Waals surface area contributed by atoms with E-state index in [1.807, 2.05) is 4.90 Å². The minimum absolute atomic E-state index is 0.203. The van der Waals surface area contributed by atoms with Gasteiger partial charge in [0.1, 0.15) is 11.5 Å². The minimum atomic E-state index is -4.70. The molecule has 1 saturated heterocycles. The molecule has 1 fully saturated rings. The molecule has 0 saturated carbocycles. The van der Waals surface area contributed by atoms with Crippen molar-refractivity contribution in [1.29, 1.82) is 0 Å². The monoisotopic (exact) mass is 410 g/mol. The molecule has 1 aliphatic heterocycles. The Hall–Kier alpha value is -3.17. The second kappa shape index (κ2) is 8.06. The van der Waals surface area contributed by atoms with E-state index in [-0.39, 0.29) is 5.69 Å². The summed E-state index contributed by atoms with van der Waals surface area (Å²) in [5, 5.41) is 14.9. The van der Waals surface area contributed by atoms with Gasteiger partial charge in [0.15, 0.2) is 0 Å². The number of alkyl halides is 3. The maximum Gasteiger partial charge on any atom is 0.416 e. The van der Waals surface area contributed by atoms with Crippen LogP contribution in [0.1, 0.15) is 29.5 Å². The van der Waals surface area contributed by atoms with Gasteiger partial charge in [0.2, 0.25) is 0 Å². The van der Waals surface area contributed by atoms with Crippen LogP contribution in [0.3, 0.4) is 0 Å². The second-order valence-corrected chi connectivity index (χ2v) is 6.71. The molecule has 0 unspecified atom stereocenters. The van der Waals surface area contributed by atoms with Crippen LogP contribution in [0.15, 0.2) is 35.4 Å². The Morgan fingerprint density at radius 1 is 1.21 bits per heavy atom. The standard InChI is InChI=1S/C19H18F4N4O2/c1-12-8-17(26-6-2-3-7-26)15(20)9-13(12)11-24-25-16-5-4-14(19(21,22)23)10-18(16)27(28)29/h4-5,8-11,25H,2-3,6-7H2,1H3. The van der Waals surface area contributed by atoms with Crippen LogP contribution in [0.2, 0.25) is 0 Å². The number of nitrogens with one attached hydrogen (secondary N) is 1. The lowest BCUT2D eigenvalue weighted by atomic mass is 10.1. The molecule has 0 amide bonds. The smallest absolute Gasteiger partial charge is 0.369 e. The van der Waals surface area contributed by atoms with Gasteiger partial charge in [0.05, 0.1) is 22.4 Å². The van der Waals surface area contributed by atoms with E-state index in [1.165, 1.54) is 12.3 Å². The number of nitro groups is 1. The molecule has 6 nitrogen and oxygen atoms in total. The number of rotatable bonds is 5. The summed E-state index contributed by atoms with van der Waals surface area (Å²) in [5.74, 6) is -0.403. The molecule has 1 N–H and O–H groups in total. The zero-order valence-electron chi connectivity index (χ0n) is 15.5. The fourth-order valence-corrected chi connectivity index (χ4v) is 3.15. The molecular formula is C19H18F4N4O2. The van der Waals surface area contributed by atoms with Gasteiger partial charge in [0.25, 0.3) is 5.69 Å². The molecule has 1 heterocycles. The number of hydrogen-bond donors (Lipinski definition) is 1. The normalized spacial score (nSPS) is 14.6. The highest BCUT2D eigenvalue weighted by Gasteiger charge is 2.33. The lowest BCUT2D eigenvalue weighted by molar-refractivity contribution is -0.384. The molecule has 0 atom stereocenters. The molecule has 10 heteroatoms. The van der Waals surface area contributed by atoms with Gasteiger partial charge < -0.3 is 4.90 Å². The Balaban J connectivity index is 1.81. The van der Waals surface area contributed by atoms with Gasteiger partial charge in [-0.15, -0.1) is 0 Å². The summed E-state index contributed by atoms with van der Waals surface area (Å²) in [6.07, 6.45) is -1.40. The van der Waals surface area contributed by atoms with Gasteiger partial charge in [-0.3, -0.25) is 15.5 Å². The van der Waals surface area contributed by atoms with Crippen molar-refractivity contribution >= 4 is 23.3 Å². The van der Waals surface area contributed by atoms with E-state index >= 15 is 0 Å². The highest BCUT2D eigenvalue weighted by molar-refractivity contribution is 5.83. The van der Waals surface area contributed by atoms with Crippen LogP contribution in [0.25, 0.3) is 0 Å². The number of benzene rings is 2. The van der Waals surface area contributed by atoms with Crippen LogP contribution in [0, 0.1) is 22.9 Å². The number of anilines is 2. The zero-order valence-corrected chi connectivity index (χ0v) is 15.5. The Kier molecular flexibility index (Phi) is 5.71. The average molecular weight is 410 g/mol. The molecule has 154 valence electrons. The van der Waals surface area contributed by atoms with Crippen LogP contribution in [0.4, 0.5) is 34.6 Å². The maximum atomic E-state index is 14.4. The molecule has 2 aromatic rings. The second-order valence-electron chi connectivity index (χ2n) is 6.71. The van der Waals surface area contributed by atoms with E-state index in [2.05, 4.69) is 10.5 Å². The summed E-state index contributed by atoms with van der Waals surface area (Å²) >= 11 is 0. The predicted octanol–water partition coefficient (Wildman–Crippen LogP) is 5.11. The van der Waals surface area contributed by atoms with Gasteiger partial charge in [-0.25, -0.2) is 4.39 Å². The molecule has 3 rings (SSSR count). The first-order valence-electron chi connectivity index (χ1n) is 8.86. The van der Waals surface area contributed by atoms with E-state index in [9.17, 15) is 27.7 Å². The lowest BCUT2D eigenvalue weighted by Gasteiger charge is -2.19. The van der Waals surface area contributed by atoms with Crippen LogP contribution in [-0.4, -0.2) is 24.2 Å². The molecule has 0 aromatic heterocycles. The van der Waals surface area contributed by atoms with Crippen LogP contribution in [-0.2, 0) is 6.18 Å². The minimum Gasteiger partial charge on any atom is -0.369 e. The number of nitrogens with zero attached hydrogens (tertiary/aromatic N) is 3. The summed E-state index contributed by atoms with van der Waals surface area (Å²) < 4.78 is 52.7. The first-order valence-corrected chi connectivity index (χ1v) is 8.86. The molecule has 0 radical (unpaired) electrons. The highest BCUT2D eigenvalue weighted by Crippen LogP contribution is 2.35. The number of hydrazone groups is 1. The lowest BCUT2D eigenvalue weighted by Crippen LogP contribution is -2.19. The van der Waals surface area contributed by atoms with Crippen molar-refractivity contribution in [2.45, 2.75) is 25.9 Å². The number of hydrogen-bond acceptors (Lipinski definition) is 5. The Morgan fingerprint density at radius 3 is 2.52 bits per heavy atom. The van der Waals surface area contributed by atoms with Crippen molar-refractivity contribution in [3.8, 4) is 0 Å². The molecule has 29 heavy (non-hydrogen) atoms. The van der Waals surface area contributed by atoms with E-state index in [1.54, 1.807) is 13.0 Å². The van der Waals surface area contributed by atoms with E-state index < -0.39 is 28.2 Å². The zero-order chi connectivity index (χ0) is 21.2. The third-order valence-electron chi connectivity index (χ3n) is 4.69. The van der Waals surface area contributed by atoms with Crippen molar-refractivity contribution in [3.05, 3.63) is 63.0 Å². The summed E-state index contributed by atoms with van der Waals surface area (Å²) in [5.41, 5.74) is 1.99. The molecule has 1 aliphatic rings. The Labute approximate surface area is 164 Å². The van der Waals surface area contributed by atoms with Gasteiger partial charge in [0, 0.05) is 24.7 Å². The third kappa shape index (κ3) is 4.64. The summed E-state index contributed by atoms with van der Waals surface area (Å²) in [4.78, 5) is 12.1. The molecular weight excluding hydrogens is 392 g/mol. The molecule has 0 bridgehead atoms. The van der Waals surface area contributed by atoms with Gasteiger partial charge in [-0.2, -0.15) is 18.3 Å². The van der Waals surface area contributed by atoms with Crippen molar-refractivity contribution in [1.82, 2.24) is 0 Å². The third-order valence-corrected chi connectivity index (χ3v) is 4.69. The van der Waals surface area contributed by atoms with E-state index in [0.29, 0.717) is 17.3 Å². The Morgan fingerprint density at radius 2 is 1.90 bits per heavy atom. The van der Waals surface area contributed by atoms with Crippen LogP contribution < -0.4 is 10.3 Å². The molecule has 2 aromatic carbocycles. The molecule has 0 spiro atoms. The Bertz CT molecular complexity index is 954. The van der Waals surface area contributed by atoms with Gasteiger partial charge in [-0.05, 0) is 49.6 Å². The van der Waals surface area contributed by atoms with Crippen molar-refractivity contribution in [2.75, 3.05) is 23.4 Å². The number of nitro benzene ring substituents is 1. The fraction of sp³-hybridized carbons (Fsp3) is 0.316. The first kappa shape index (κ1) is 20.6. The molecule has 0 aliphatic carbocycles. The van der Waals surface area contributed by atoms with Gasteiger partial charge in [-0.1, -0.05) is 0 Å². The summed E-state index contributed by atoms with van der Waals surface area (Å²) in [6, 6.07) is 5.12. The van der Waals surface area contributed by atoms with Crippen molar-refractivity contribution in [3.63, 3.8) is 0 Å². The summed E-state index contributed by atoms with van der Waals surface area (Å²) in [7, 11) is 0. The first-order chi connectivity index (χ1) is 13.7. The number of halogens is 4. The van der Waals surface area contributed by atoms with Crippen molar-refractivity contribution in [2.24, 2.45) is 5.10 Å². The SMILES string of the molecule is Cc1cc(N2CCCC2)c(F)cc1C=NNc1ccc(C(F)(F)F)cc1[N+](=O)[O-]. The summed E-state index contributed by atoms with van der Waals surface area (Å²) in [6.45, 7) is 3.37. The number of aryl methyl sites for hydroxylation is 1. The van der Waals surface area contributed by atoms with E-state index in [4.69, 9.17) is 0 Å². The van der Waals surface area contributed by atoms with Crippen molar-refractivity contribution < 1.29 is 22.5 Å². The largest absolute Gasteiger partial charge is 0.416 e. The fourth-order valence-electron chi connectivity index (χ4n) is 3.15. The van der Waals surface area contributed by atoms with Crippen LogP contribution >= 0.6 is 0 Å². The van der Waals surface area contributed by atoms with Gasteiger partial charge >= 0.3 is 6.18 Å². The average Bonchev–Trinajstić information content (AvgIpc) is 3.17. The highest BCUT2D eigenvalue weighted by atomic mass is 19.4. The topological polar surface area (TPSA) is 70.8 Å².